The number of fused-ring (bicyclic) bond motifs is 1. The monoisotopic (exact) mass is 525 g/mol. The number of rotatable bonds is 7. The molecule has 10 heteroatoms. The number of halogens is 1. The predicted octanol–water partition coefficient (Wildman–Crippen LogP) is 2.41. The Morgan fingerprint density at radius 1 is 1.15 bits per heavy atom. The number of hydrazine groups is 1. The van der Waals surface area contributed by atoms with E-state index in [4.69, 9.17) is 4.84 Å². The number of nitrogens with zero attached hydrogens (tertiary/aromatic N) is 3. The van der Waals surface area contributed by atoms with Gasteiger partial charge in [-0.25, -0.2) is 4.79 Å². The van der Waals surface area contributed by atoms with E-state index < -0.39 is 11.2 Å². The zero-order valence-corrected chi connectivity index (χ0v) is 20.3. The molecule has 0 aliphatic carbocycles. The van der Waals surface area contributed by atoms with Crippen LogP contribution in [-0.4, -0.2) is 33.4 Å². The number of carbonyl (C=O) groups excluding carboxylic acids is 1. The summed E-state index contributed by atoms with van der Waals surface area (Å²) in [6, 6.07) is 12.2. The van der Waals surface area contributed by atoms with E-state index in [-0.39, 0.29) is 12.5 Å². The molecule has 0 saturated heterocycles. The molecule has 1 aliphatic rings. The van der Waals surface area contributed by atoms with E-state index in [0.717, 1.165) is 15.6 Å². The van der Waals surface area contributed by atoms with Crippen molar-refractivity contribution >= 4 is 32.7 Å². The van der Waals surface area contributed by atoms with Crippen LogP contribution in [0.2, 0.25) is 0 Å². The zero-order chi connectivity index (χ0) is 24.2. The van der Waals surface area contributed by atoms with E-state index in [9.17, 15) is 14.4 Å². The molecule has 0 spiro atoms. The first-order chi connectivity index (χ1) is 16.4. The molecule has 0 fully saturated rings. The molecule has 0 radical (unpaired) electrons. The van der Waals surface area contributed by atoms with Gasteiger partial charge in [0, 0.05) is 29.8 Å². The number of benzene rings is 2. The second kappa shape index (κ2) is 10.1. The Morgan fingerprint density at radius 2 is 1.91 bits per heavy atom. The van der Waals surface area contributed by atoms with Crippen LogP contribution in [0.25, 0.3) is 10.9 Å². The van der Waals surface area contributed by atoms with Crippen LogP contribution in [0.1, 0.15) is 22.8 Å². The van der Waals surface area contributed by atoms with Crippen LogP contribution >= 0.6 is 15.9 Å². The summed E-state index contributed by atoms with van der Waals surface area (Å²) in [6.07, 6.45) is 5.27. The van der Waals surface area contributed by atoms with Crippen molar-refractivity contribution in [3.8, 4) is 0 Å². The van der Waals surface area contributed by atoms with Gasteiger partial charge in [-0.05, 0) is 54.5 Å². The smallest absolute Gasteiger partial charge is 0.331 e. The number of amides is 1. The number of aromatic nitrogens is 2. The van der Waals surface area contributed by atoms with Crippen molar-refractivity contribution in [1.29, 1.82) is 0 Å². The van der Waals surface area contributed by atoms with Crippen molar-refractivity contribution in [1.82, 2.24) is 25.0 Å². The van der Waals surface area contributed by atoms with E-state index in [2.05, 4.69) is 26.7 Å². The van der Waals surface area contributed by atoms with Gasteiger partial charge in [0.15, 0.2) is 0 Å². The number of nitrogens with one attached hydrogen (secondary N) is 2. The van der Waals surface area contributed by atoms with Gasteiger partial charge in [0.05, 0.1) is 30.3 Å². The minimum absolute atomic E-state index is 0.136. The molecule has 2 aromatic carbocycles. The Labute approximate surface area is 204 Å². The lowest BCUT2D eigenvalue weighted by molar-refractivity contribution is -0.143. The van der Waals surface area contributed by atoms with Gasteiger partial charge < -0.3 is 5.32 Å². The Hall–Kier alpha value is -3.63. The molecule has 1 amide bonds. The highest BCUT2D eigenvalue weighted by Gasteiger charge is 2.15. The number of carbonyl (C=O) groups is 1. The van der Waals surface area contributed by atoms with Gasteiger partial charge in [-0.1, -0.05) is 28.1 Å². The predicted molar refractivity (Wildman–Crippen MR) is 133 cm³/mol. The lowest BCUT2D eigenvalue weighted by Crippen LogP contribution is -2.39. The van der Waals surface area contributed by atoms with Crippen LogP contribution < -0.4 is 22.0 Å². The summed E-state index contributed by atoms with van der Waals surface area (Å²) in [5, 5.41) is 4.62. The highest BCUT2D eigenvalue weighted by Crippen LogP contribution is 2.13. The summed E-state index contributed by atoms with van der Waals surface area (Å²) in [4.78, 5) is 44.1. The SMILES string of the molecule is CCON1C=CC(CNC(=O)c2ccc3c(c2)c(=O)n(Cc2ccc(Br)cc2)c(=O)n3C)=CN1. The van der Waals surface area contributed by atoms with Crippen LogP contribution in [0.15, 0.2) is 80.6 Å². The molecular weight excluding hydrogens is 502 g/mol. The van der Waals surface area contributed by atoms with E-state index >= 15 is 0 Å². The minimum atomic E-state index is -0.436. The molecule has 3 aromatic rings. The van der Waals surface area contributed by atoms with Gasteiger partial charge >= 0.3 is 5.69 Å². The van der Waals surface area contributed by atoms with Crippen LogP contribution in [0, 0.1) is 0 Å². The van der Waals surface area contributed by atoms with Crippen molar-refractivity contribution in [2.24, 2.45) is 7.05 Å². The molecule has 0 bridgehead atoms. The average Bonchev–Trinajstić information content (AvgIpc) is 2.85. The molecule has 2 heterocycles. The summed E-state index contributed by atoms with van der Waals surface area (Å²) in [6.45, 7) is 2.83. The minimum Gasteiger partial charge on any atom is -0.348 e. The lowest BCUT2D eigenvalue weighted by Gasteiger charge is -2.22. The van der Waals surface area contributed by atoms with Gasteiger partial charge in [-0.2, -0.15) is 5.17 Å². The Kier molecular flexibility index (Phi) is 6.99. The average molecular weight is 526 g/mol. The van der Waals surface area contributed by atoms with Crippen LogP contribution in [-0.2, 0) is 18.4 Å². The highest BCUT2D eigenvalue weighted by atomic mass is 79.9. The quantitative estimate of drug-likeness (QED) is 0.491. The molecule has 0 atom stereocenters. The van der Waals surface area contributed by atoms with E-state index in [1.165, 1.54) is 20.4 Å². The van der Waals surface area contributed by atoms with E-state index in [1.54, 1.807) is 31.6 Å². The van der Waals surface area contributed by atoms with Crippen molar-refractivity contribution in [2.45, 2.75) is 13.5 Å². The summed E-state index contributed by atoms with van der Waals surface area (Å²) >= 11 is 3.38. The Balaban J connectivity index is 1.57. The number of hydrogen-bond donors (Lipinski definition) is 2. The first-order valence-electron chi connectivity index (χ1n) is 10.7. The number of hydrogen-bond acceptors (Lipinski definition) is 6. The van der Waals surface area contributed by atoms with Crippen LogP contribution in [0.5, 0.6) is 0 Å². The third kappa shape index (κ3) is 4.97. The Bertz CT molecular complexity index is 1410. The maximum absolute atomic E-state index is 13.2. The second-order valence-corrected chi connectivity index (χ2v) is 8.60. The number of aryl methyl sites for hydroxylation is 1. The van der Waals surface area contributed by atoms with Gasteiger partial charge in [-0.3, -0.25) is 29.0 Å². The van der Waals surface area contributed by atoms with Crippen molar-refractivity contribution in [2.75, 3.05) is 13.2 Å². The van der Waals surface area contributed by atoms with Gasteiger partial charge in [0.1, 0.15) is 0 Å². The molecule has 0 unspecified atom stereocenters. The van der Waals surface area contributed by atoms with Gasteiger partial charge in [-0.15, -0.1) is 0 Å². The maximum Gasteiger partial charge on any atom is 0.331 e. The molecule has 9 nitrogen and oxygen atoms in total. The van der Waals surface area contributed by atoms with Crippen LogP contribution in [0.4, 0.5) is 0 Å². The fourth-order valence-electron chi connectivity index (χ4n) is 3.58. The van der Waals surface area contributed by atoms with Crippen molar-refractivity contribution < 1.29 is 9.63 Å². The zero-order valence-electron chi connectivity index (χ0n) is 18.7. The first kappa shape index (κ1) is 23.5. The van der Waals surface area contributed by atoms with Crippen molar-refractivity contribution in [3.05, 3.63) is 103 Å². The summed E-state index contributed by atoms with van der Waals surface area (Å²) in [7, 11) is 1.61. The molecule has 2 N–H and O–H groups in total. The number of hydroxylamine groups is 1. The normalized spacial score (nSPS) is 13.0. The summed E-state index contributed by atoms with van der Waals surface area (Å²) in [5.41, 5.74) is 4.56. The Morgan fingerprint density at radius 3 is 2.59 bits per heavy atom. The molecular formula is C24H24BrN5O4. The molecule has 1 aliphatic heterocycles. The summed E-state index contributed by atoms with van der Waals surface area (Å²) in [5.74, 6) is -0.323. The second-order valence-electron chi connectivity index (χ2n) is 7.68. The van der Waals surface area contributed by atoms with Gasteiger partial charge in [0.25, 0.3) is 11.5 Å². The maximum atomic E-state index is 13.2. The van der Waals surface area contributed by atoms with E-state index in [1.807, 2.05) is 37.3 Å². The standard InChI is InChI=1S/C24H24BrN5O4/c1-3-34-30-11-10-17(14-27-30)13-26-22(31)18-6-9-21-20(12-18)23(32)29(24(33)28(21)2)15-16-4-7-19(25)8-5-16/h4-12,14,27H,3,13,15H2,1-2H3,(H,26,31). The molecule has 176 valence electrons. The van der Waals surface area contributed by atoms with Crippen molar-refractivity contribution in [3.63, 3.8) is 0 Å². The third-order valence-electron chi connectivity index (χ3n) is 5.39. The third-order valence-corrected chi connectivity index (χ3v) is 5.92. The first-order valence-corrected chi connectivity index (χ1v) is 11.5. The molecule has 4 rings (SSSR count). The summed E-state index contributed by atoms with van der Waals surface area (Å²) < 4.78 is 3.51. The molecule has 0 saturated carbocycles. The molecule has 34 heavy (non-hydrogen) atoms. The topological polar surface area (TPSA) is 97.6 Å². The van der Waals surface area contributed by atoms with Crippen LogP contribution in [0.3, 0.4) is 0 Å². The largest absolute Gasteiger partial charge is 0.348 e. The van der Waals surface area contributed by atoms with E-state index in [0.29, 0.717) is 29.6 Å². The lowest BCUT2D eigenvalue weighted by atomic mass is 10.1. The highest BCUT2D eigenvalue weighted by molar-refractivity contribution is 9.10. The van der Waals surface area contributed by atoms with Gasteiger partial charge in [0.2, 0.25) is 0 Å². The molecule has 1 aromatic heterocycles. The fraction of sp³-hybridized carbons (Fsp3) is 0.208. The fourth-order valence-corrected chi connectivity index (χ4v) is 3.85.